The first kappa shape index (κ1) is 28.5. The Morgan fingerprint density at radius 3 is 1.31 bits per heavy atom. The largest absolute Gasteiger partial charge is 0.505 e. The molecule has 0 atom stereocenters. The molecule has 0 fully saturated rings. The first-order valence-corrected chi connectivity index (χ1v) is 16.3. The van der Waals surface area contributed by atoms with Crippen LogP contribution in [0.25, 0.3) is 22.3 Å². The van der Waals surface area contributed by atoms with Crippen LogP contribution in [-0.2, 0) is 0 Å². The van der Waals surface area contributed by atoms with Crippen LogP contribution in [0.2, 0.25) is 0 Å². The molecular formula is C44H30N4O. The molecule has 9 rings (SSSR count). The van der Waals surface area contributed by atoms with E-state index in [4.69, 9.17) is 9.98 Å². The van der Waals surface area contributed by atoms with Gasteiger partial charge >= 0.3 is 0 Å². The standard InChI is InChI=1S/C44H30N4O/c49-44-32-27-45-43(44)42(31-19-11-4-12-20-31)38-26-25-37(48-38)41(30-17-9-3-10-18-30)36-24-23-35(47-36)40(29-15-7-2-8-16-29)34-22-21-33(46-34)39(32)28-13-5-1-6-14-28/h1-27,45,47,49H. The summed E-state index contributed by atoms with van der Waals surface area (Å²) in [6, 6.07) is 45.2. The summed E-state index contributed by atoms with van der Waals surface area (Å²) in [5, 5.41) is 14.1. The van der Waals surface area contributed by atoms with E-state index in [0.29, 0.717) is 11.3 Å². The van der Waals surface area contributed by atoms with Crippen molar-refractivity contribution in [2.24, 2.45) is 9.98 Å². The molecule has 4 aromatic carbocycles. The van der Waals surface area contributed by atoms with E-state index in [9.17, 15) is 5.11 Å². The van der Waals surface area contributed by atoms with Gasteiger partial charge in [-0.3, -0.25) is 0 Å². The number of H-pyrrole nitrogens is 2. The highest BCUT2D eigenvalue weighted by Gasteiger charge is 2.26. The molecule has 0 amide bonds. The SMILES string of the molecule is Oc1c2c[nH]c1C(c1ccccc1)=C1C=CC(=N1)C(c1ccccc1)=c1ccc([nH]1)=C(c1ccccc1)C1=NC(=C2c2ccccc2)C=C1. The van der Waals surface area contributed by atoms with E-state index in [-0.39, 0.29) is 5.75 Å². The Labute approximate surface area is 283 Å². The van der Waals surface area contributed by atoms with E-state index in [0.717, 1.165) is 78.1 Å². The molecule has 6 aromatic rings. The number of fused-ring (bicyclic) bond motifs is 6. The van der Waals surface area contributed by atoms with Gasteiger partial charge in [-0.05, 0) is 58.7 Å². The van der Waals surface area contributed by atoms with Gasteiger partial charge < -0.3 is 15.1 Å². The number of allylic oxidation sites excluding steroid dienone is 4. The molecule has 2 aromatic heterocycles. The van der Waals surface area contributed by atoms with E-state index in [1.54, 1.807) is 0 Å². The molecule has 49 heavy (non-hydrogen) atoms. The number of hydrogen-bond acceptors (Lipinski definition) is 3. The lowest BCUT2D eigenvalue weighted by Gasteiger charge is -2.12. The second kappa shape index (κ2) is 11.8. The summed E-state index contributed by atoms with van der Waals surface area (Å²) < 4.78 is 0. The highest BCUT2D eigenvalue weighted by molar-refractivity contribution is 6.31. The summed E-state index contributed by atoms with van der Waals surface area (Å²) in [7, 11) is 0. The van der Waals surface area contributed by atoms with Crippen molar-refractivity contribution in [3.8, 4) is 5.75 Å². The Balaban J connectivity index is 1.44. The summed E-state index contributed by atoms with van der Waals surface area (Å²) in [6.07, 6.45) is 10.1. The Morgan fingerprint density at radius 1 is 0.429 bits per heavy atom. The fraction of sp³-hybridized carbons (Fsp3) is 0. The molecular weight excluding hydrogens is 601 g/mol. The molecule has 0 aliphatic carbocycles. The van der Waals surface area contributed by atoms with Gasteiger partial charge in [0.2, 0.25) is 0 Å². The smallest absolute Gasteiger partial charge is 0.149 e. The number of benzene rings is 4. The number of aromatic amines is 2. The first-order chi connectivity index (χ1) is 24.2. The van der Waals surface area contributed by atoms with Crippen LogP contribution in [0.5, 0.6) is 5.75 Å². The predicted molar refractivity (Wildman–Crippen MR) is 198 cm³/mol. The van der Waals surface area contributed by atoms with Gasteiger partial charge in [0.15, 0.2) is 0 Å². The maximum atomic E-state index is 12.2. The van der Waals surface area contributed by atoms with Crippen LogP contribution in [0.4, 0.5) is 0 Å². The molecule has 3 N–H and O–H groups in total. The third-order valence-corrected chi connectivity index (χ3v) is 9.15. The summed E-state index contributed by atoms with van der Waals surface area (Å²) >= 11 is 0. The zero-order valence-electron chi connectivity index (χ0n) is 26.4. The number of rotatable bonds is 4. The van der Waals surface area contributed by atoms with Crippen molar-refractivity contribution >= 4 is 33.7 Å². The van der Waals surface area contributed by atoms with Crippen LogP contribution in [0.15, 0.2) is 185 Å². The van der Waals surface area contributed by atoms with Crippen LogP contribution >= 0.6 is 0 Å². The number of aromatic hydroxyl groups is 1. The average Bonchev–Trinajstić information content (AvgIpc) is 3.98. The van der Waals surface area contributed by atoms with Crippen molar-refractivity contribution in [1.82, 2.24) is 9.97 Å². The average molecular weight is 631 g/mol. The molecule has 0 spiro atoms. The Kier molecular flexibility index (Phi) is 6.87. The monoisotopic (exact) mass is 630 g/mol. The maximum Gasteiger partial charge on any atom is 0.149 e. The van der Waals surface area contributed by atoms with E-state index in [1.165, 1.54) is 0 Å². The Morgan fingerprint density at radius 2 is 0.837 bits per heavy atom. The molecule has 232 valence electrons. The minimum absolute atomic E-state index is 0.144. The normalized spacial score (nSPS) is 15.3. The molecule has 0 unspecified atom stereocenters. The Bertz CT molecular complexity index is 2380. The van der Waals surface area contributed by atoms with Gasteiger partial charge in [-0.1, -0.05) is 121 Å². The van der Waals surface area contributed by atoms with Crippen molar-refractivity contribution in [2.45, 2.75) is 0 Å². The van der Waals surface area contributed by atoms with Crippen molar-refractivity contribution < 1.29 is 5.11 Å². The predicted octanol–water partition coefficient (Wildman–Crippen LogP) is 7.70. The fourth-order valence-corrected chi connectivity index (χ4v) is 6.93. The number of aromatic nitrogens is 2. The van der Waals surface area contributed by atoms with E-state index in [2.05, 4.69) is 82.8 Å². The number of hydrogen-bond donors (Lipinski definition) is 3. The second-order valence-corrected chi connectivity index (χ2v) is 12.1. The van der Waals surface area contributed by atoms with Crippen LogP contribution in [0.3, 0.4) is 0 Å². The van der Waals surface area contributed by atoms with Gasteiger partial charge in [0, 0.05) is 44.8 Å². The van der Waals surface area contributed by atoms with Gasteiger partial charge in [-0.2, -0.15) is 0 Å². The number of nitrogens with zero attached hydrogens (tertiary/aromatic N) is 2. The van der Waals surface area contributed by atoms with Crippen LogP contribution in [0.1, 0.15) is 33.5 Å². The molecule has 3 aliphatic heterocycles. The second-order valence-electron chi connectivity index (χ2n) is 12.1. The molecule has 0 saturated carbocycles. The van der Waals surface area contributed by atoms with Crippen molar-refractivity contribution in [3.63, 3.8) is 0 Å². The van der Waals surface area contributed by atoms with Gasteiger partial charge in [0.25, 0.3) is 0 Å². The summed E-state index contributed by atoms with van der Waals surface area (Å²) in [5.74, 6) is 0.144. The lowest BCUT2D eigenvalue weighted by molar-refractivity contribution is 0.473. The Hall–Kier alpha value is -6.72. The minimum Gasteiger partial charge on any atom is -0.505 e. The third-order valence-electron chi connectivity index (χ3n) is 9.15. The van der Waals surface area contributed by atoms with Crippen LogP contribution < -0.4 is 10.7 Å². The van der Waals surface area contributed by atoms with E-state index in [1.807, 2.05) is 91.1 Å². The number of nitrogens with one attached hydrogen (secondary N) is 2. The van der Waals surface area contributed by atoms with E-state index >= 15 is 0 Å². The molecule has 0 saturated heterocycles. The van der Waals surface area contributed by atoms with Gasteiger partial charge in [-0.15, -0.1) is 0 Å². The molecule has 5 nitrogen and oxygen atoms in total. The molecule has 3 aliphatic rings. The topological polar surface area (TPSA) is 76.5 Å². The molecule has 5 heterocycles. The van der Waals surface area contributed by atoms with Crippen molar-refractivity contribution in [2.75, 3.05) is 0 Å². The molecule has 0 radical (unpaired) electrons. The summed E-state index contributed by atoms with van der Waals surface area (Å²) in [4.78, 5) is 17.8. The van der Waals surface area contributed by atoms with E-state index < -0.39 is 0 Å². The van der Waals surface area contributed by atoms with Gasteiger partial charge in [-0.25, -0.2) is 9.98 Å². The van der Waals surface area contributed by atoms with Crippen LogP contribution in [0, 0.1) is 0 Å². The molecule has 5 heteroatoms. The highest BCUT2D eigenvalue weighted by atomic mass is 16.3. The summed E-state index contributed by atoms with van der Waals surface area (Å²) in [6.45, 7) is 0. The fourth-order valence-electron chi connectivity index (χ4n) is 6.93. The number of aliphatic imine (C=N–C) groups is 2. The first-order valence-electron chi connectivity index (χ1n) is 16.3. The zero-order chi connectivity index (χ0) is 32.7. The van der Waals surface area contributed by atoms with Crippen molar-refractivity contribution in [3.05, 3.63) is 220 Å². The lowest BCUT2D eigenvalue weighted by atomic mass is 9.95. The quantitative estimate of drug-likeness (QED) is 0.184. The van der Waals surface area contributed by atoms with Crippen LogP contribution in [-0.4, -0.2) is 26.5 Å². The zero-order valence-corrected chi connectivity index (χ0v) is 26.4. The minimum atomic E-state index is 0.144. The maximum absolute atomic E-state index is 12.2. The van der Waals surface area contributed by atoms with Gasteiger partial charge in [0.05, 0.1) is 28.5 Å². The molecule has 8 bridgehead atoms. The van der Waals surface area contributed by atoms with Gasteiger partial charge in [0.1, 0.15) is 5.75 Å². The lowest BCUT2D eigenvalue weighted by Crippen LogP contribution is -2.21. The summed E-state index contributed by atoms with van der Waals surface area (Å²) in [5.41, 5.74) is 12.0. The highest BCUT2D eigenvalue weighted by Crippen LogP contribution is 2.42. The van der Waals surface area contributed by atoms with Crippen molar-refractivity contribution in [1.29, 1.82) is 0 Å². The third kappa shape index (κ3) is 4.96.